The summed E-state index contributed by atoms with van der Waals surface area (Å²) in [6.07, 6.45) is 7.73. The Hall–Kier alpha value is -3.14. The lowest BCUT2D eigenvalue weighted by molar-refractivity contribution is -0.141. The van der Waals surface area contributed by atoms with Crippen molar-refractivity contribution >= 4 is 28.0 Å². The molecule has 1 aliphatic carbocycles. The number of halogens is 3. The first-order valence-corrected chi connectivity index (χ1v) is 11.8. The average molecular weight is 472 g/mol. The summed E-state index contributed by atoms with van der Waals surface area (Å²) in [4.78, 5) is 7.04. The number of aromatic amines is 2. The Bertz CT molecular complexity index is 1180. The molecule has 0 atom stereocenters. The Morgan fingerprint density at radius 1 is 1.03 bits per heavy atom. The fraction of sp³-hybridized carbons (Fsp3) is 0.458. The van der Waals surface area contributed by atoms with Crippen LogP contribution in [0.3, 0.4) is 0 Å². The van der Waals surface area contributed by atoms with E-state index < -0.39 is 11.9 Å². The van der Waals surface area contributed by atoms with E-state index in [4.69, 9.17) is 4.99 Å². The zero-order valence-corrected chi connectivity index (χ0v) is 18.8. The van der Waals surface area contributed by atoms with Crippen LogP contribution in [0.15, 0.2) is 41.7 Å². The van der Waals surface area contributed by atoms with Gasteiger partial charge in [-0.05, 0) is 37.0 Å². The minimum Gasteiger partial charge on any atom is -0.367 e. The van der Waals surface area contributed by atoms with Crippen LogP contribution < -0.4 is 10.2 Å². The van der Waals surface area contributed by atoms with Crippen molar-refractivity contribution in [1.82, 2.24) is 25.7 Å². The van der Waals surface area contributed by atoms with Crippen molar-refractivity contribution in [2.45, 2.75) is 38.3 Å². The zero-order chi connectivity index (χ0) is 23.5. The summed E-state index contributed by atoms with van der Waals surface area (Å²) in [6.45, 7) is 3.24. The number of fused-ring (bicyclic) bond motifs is 1. The molecule has 180 valence electrons. The van der Waals surface area contributed by atoms with Crippen molar-refractivity contribution < 1.29 is 13.2 Å². The third-order valence-electron chi connectivity index (χ3n) is 6.61. The maximum absolute atomic E-state index is 13.7. The number of aromatic nitrogens is 4. The van der Waals surface area contributed by atoms with Gasteiger partial charge in [-0.2, -0.15) is 23.4 Å². The van der Waals surface area contributed by atoms with E-state index in [2.05, 4.69) is 30.6 Å². The number of alkyl halides is 3. The molecule has 2 aromatic heterocycles. The smallest absolute Gasteiger partial charge is 0.367 e. The van der Waals surface area contributed by atoms with E-state index in [1.165, 1.54) is 12.6 Å². The summed E-state index contributed by atoms with van der Waals surface area (Å²) in [5.41, 5.74) is 1.69. The van der Waals surface area contributed by atoms with Crippen LogP contribution in [0, 0.1) is 5.92 Å². The van der Waals surface area contributed by atoms with E-state index in [1.807, 2.05) is 18.2 Å². The molecule has 3 N–H and O–H groups in total. The molecule has 5 rings (SSSR count). The normalized spacial score (nSPS) is 18.9. The Balaban J connectivity index is 1.62. The number of anilines is 1. The molecule has 1 saturated carbocycles. The molecule has 2 aliphatic rings. The second-order valence-electron chi connectivity index (χ2n) is 8.95. The molecule has 3 heterocycles. The predicted octanol–water partition coefficient (Wildman–Crippen LogP) is 4.97. The molecular formula is C24H28F3N7. The number of H-pyrrole nitrogens is 2. The Morgan fingerprint density at radius 2 is 1.79 bits per heavy atom. The highest BCUT2D eigenvalue weighted by molar-refractivity contribution is 6.11. The van der Waals surface area contributed by atoms with Gasteiger partial charge in [0.2, 0.25) is 0 Å². The summed E-state index contributed by atoms with van der Waals surface area (Å²) in [5, 5.41) is 17.1. The summed E-state index contributed by atoms with van der Waals surface area (Å²) < 4.78 is 41.2. The largest absolute Gasteiger partial charge is 0.433 e. The molecule has 1 aliphatic heterocycles. The standard InChI is InChI=1S/C24H28F3N7/c25-24(26,27)23-18(15-30-33-23)19(7-6-16-4-2-1-3-5-16)31-21-12-17-14-29-32-20(17)13-22(21)34-10-8-28-9-11-34/h6-7,12-16,28H,1-5,8-11H2,(H,29,32)(H,30,33)/b7-6+,31-19?. The first-order chi connectivity index (χ1) is 16.5. The molecular weight excluding hydrogens is 443 g/mol. The van der Waals surface area contributed by atoms with E-state index in [9.17, 15) is 13.2 Å². The van der Waals surface area contributed by atoms with Crippen molar-refractivity contribution in [1.29, 1.82) is 0 Å². The molecule has 3 aromatic rings. The number of aliphatic imine (C=N–C) groups is 1. The van der Waals surface area contributed by atoms with Gasteiger partial charge in [0.15, 0.2) is 0 Å². The molecule has 2 fully saturated rings. The second kappa shape index (κ2) is 9.61. The quantitative estimate of drug-likeness (QED) is 0.459. The van der Waals surface area contributed by atoms with Crippen LogP contribution in [-0.4, -0.2) is 52.3 Å². The maximum atomic E-state index is 13.7. The molecule has 7 nitrogen and oxygen atoms in total. The number of piperazine rings is 1. The highest BCUT2D eigenvalue weighted by Gasteiger charge is 2.36. The van der Waals surface area contributed by atoms with Crippen molar-refractivity contribution in [3.8, 4) is 0 Å². The number of allylic oxidation sites excluding steroid dienone is 2. The summed E-state index contributed by atoms with van der Waals surface area (Å²) in [6, 6.07) is 3.87. The topological polar surface area (TPSA) is 85.0 Å². The van der Waals surface area contributed by atoms with Crippen LogP contribution in [-0.2, 0) is 6.18 Å². The Labute approximate surface area is 195 Å². The minimum absolute atomic E-state index is 0.0434. The SMILES string of the molecule is FC(F)(F)c1[nH]ncc1C(/C=C/C1CCCCC1)=Nc1cc2cn[nH]c2cc1N1CCNCC1. The van der Waals surface area contributed by atoms with Gasteiger partial charge in [0.05, 0.1) is 40.6 Å². The number of nitrogens with one attached hydrogen (secondary N) is 3. The van der Waals surface area contributed by atoms with Gasteiger partial charge in [-0.3, -0.25) is 10.2 Å². The Kier molecular flexibility index (Phi) is 6.40. The summed E-state index contributed by atoms with van der Waals surface area (Å²) in [7, 11) is 0. The van der Waals surface area contributed by atoms with Crippen molar-refractivity contribution in [2.24, 2.45) is 10.9 Å². The second-order valence-corrected chi connectivity index (χ2v) is 8.95. The van der Waals surface area contributed by atoms with Crippen molar-refractivity contribution in [3.05, 3.63) is 47.9 Å². The highest BCUT2D eigenvalue weighted by Crippen LogP contribution is 2.36. The molecule has 1 saturated heterocycles. The van der Waals surface area contributed by atoms with Crippen molar-refractivity contribution in [2.75, 3.05) is 31.1 Å². The van der Waals surface area contributed by atoms with Crippen LogP contribution >= 0.6 is 0 Å². The number of nitrogens with zero attached hydrogens (tertiary/aromatic N) is 4. The average Bonchev–Trinajstić information content (AvgIpc) is 3.52. The Morgan fingerprint density at radius 3 is 2.56 bits per heavy atom. The highest BCUT2D eigenvalue weighted by atomic mass is 19.4. The van der Waals surface area contributed by atoms with Gasteiger partial charge in [0.25, 0.3) is 0 Å². The van der Waals surface area contributed by atoms with Crippen LogP contribution in [0.1, 0.15) is 43.4 Å². The summed E-state index contributed by atoms with van der Waals surface area (Å²) in [5.74, 6) is 0.351. The van der Waals surface area contributed by atoms with Gasteiger partial charge < -0.3 is 10.2 Å². The monoisotopic (exact) mass is 471 g/mol. The van der Waals surface area contributed by atoms with Gasteiger partial charge >= 0.3 is 6.18 Å². The fourth-order valence-electron chi connectivity index (χ4n) is 4.78. The lowest BCUT2D eigenvalue weighted by Crippen LogP contribution is -2.43. The van der Waals surface area contributed by atoms with Crippen LogP contribution in [0.4, 0.5) is 24.5 Å². The summed E-state index contributed by atoms with van der Waals surface area (Å²) >= 11 is 0. The van der Waals surface area contributed by atoms with E-state index in [0.29, 0.717) is 11.6 Å². The van der Waals surface area contributed by atoms with Gasteiger partial charge in [0.1, 0.15) is 5.69 Å². The van der Waals surface area contributed by atoms with Crippen LogP contribution in [0.2, 0.25) is 0 Å². The first kappa shape index (κ1) is 22.6. The zero-order valence-electron chi connectivity index (χ0n) is 18.8. The molecule has 0 radical (unpaired) electrons. The molecule has 10 heteroatoms. The predicted molar refractivity (Wildman–Crippen MR) is 127 cm³/mol. The number of hydrogen-bond acceptors (Lipinski definition) is 5. The van der Waals surface area contributed by atoms with E-state index in [1.54, 1.807) is 12.3 Å². The molecule has 0 amide bonds. The molecule has 1 aromatic carbocycles. The molecule has 0 bridgehead atoms. The van der Waals surface area contributed by atoms with E-state index in [-0.39, 0.29) is 11.3 Å². The maximum Gasteiger partial charge on any atom is 0.433 e. The van der Waals surface area contributed by atoms with Gasteiger partial charge in [-0.15, -0.1) is 0 Å². The molecule has 0 spiro atoms. The number of rotatable bonds is 5. The van der Waals surface area contributed by atoms with Gasteiger partial charge in [0, 0.05) is 31.6 Å². The fourth-order valence-corrected chi connectivity index (χ4v) is 4.78. The van der Waals surface area contributed by atoms with Crippen LogP contribution in [0.5, 0.6) is 0 Å². The van der Waals surface area contributed by atoms with E-state index in [0.717, 1.165) is 68.5 Å². The third kappa shape index (κ3) is 4.86. The van der Waals surface area contributed by atoms with Crippen LogP contribution in [0.25, 0.3) is 10.9 Å². The van der Waals surface area contributed by atoms with Gasteiger partial charge in [-0.25, -0.2) is 4.99 Å². The number of hydrogen-bond donors (Lipinski definition) is 3. The minimum atomic E-state index is -4.55. The van der Waals surface area contributed by atoms with Crippen molar-refractivity contribution in [3.63, 3.8) is 0 Å². The molecule has 34 heavy (non-hydrogen) atoms. The number of benzene rings is 1. The lowest BCUT2D eigenvalue weighted by atomic mass is 9.88. The lowest BCUT2D eigenvalue weighted by Gasteiger charge is -2.30. The van der Waals surface area contributed by atoms with Gasteiger partial charge in [-0.1, -0.05) is 25.3 Å². The van der Waals surface area contributed by atoms with E-state index >= 15 is 0 Å². The molecule has 0 unspecified atom stereocenters. The first-order valence-electron chi connectivity index (χ1n) is 11.8. The third-order valence-corrected chi connectivity index (χ3v) is 6.61.